The Bertz CT molecular complexity index is 774. The summed E-state index contributed by atoms with van der Waals surface area (Å²) < 4.78 is 11.4. The zero-order chi connectivity index (χ0) is 18.3. The van der Waals surface area contributed by atoms with Crippen LogP contribution in [-0.2, 0) is 14.3 Å². The van der Waals surface area contributed by atoms with E-state index in [2.05, 4.69) is 0 Å². The van der Waals surface area contributed by atoms with Gasteiger partial charge in [0.2, 0.25) is 0 Å². The monoisotopic (exact) mass is 362 g/mol. The molecule has 4 fully saturated rings. The summed E-state index contributed by atoms with van der Waals surface area (Å²) in [5.74, 6) is -0.306. The van der Waals surface area contributed by atoms with Gasteiger partial charge in [-0.2, -0.15) is 0 Å². The maximum atomic E-state index is 12.0. The van der Waals surface area contributed by atoms with Gasteiger partial charge in [0.1, 0.15) is 18.3 Å². The summed E-state index contributed by atoms with van der Waals surface area (Å²) in [6, 6.07) is 0. The van der Waals surface area contributed by atoms with Crippen LogP contribution in [0.25, 0.3) is 0 Å². The maximum Gasteiger partial charge on any atom is 0.334 e. The van der Waals surface area contributed by atoms with E-state index in [1.54, 1.807) is 0 Å². The minimum atomic E-state index is -1.17. The summed E-state index contributed by atoms with van der Waals surface area (Å²) in [6.07, 6.45) is 1.75. The summed E-state index contributed by atoms with van der Waals surface area (Å²) in [7, 11) is 0. The highest BCUT2D eigenvalue weighted by Crippen LogP contribution is 2.84. The van der Waals surface area contributed by atoms with Crippen LogP contribution in [0.4, 0.5) is 0 Å². The molecule has 6 rings (SSSR count). The van der Waals surface area contributed by atoms with E-state index in [0.29, 0.717) is 25.7 Å². The summed E-state index contributed by atoms with van der Waals surface area (Å²) in [6.45, 7) is 4.15. The van der Waals surface area contributed by atoms with Crippen LogP contribution < -0.4 is 0 Å². The number of epoxide rings is 1. The molecule has 0 amide bonds. The van der Waals surface area contributed by atoms with Crippen molar-refractivity contribution in [1.82, 2.24) is 0 Å². The number of ether oxygens (including phenoxy) is 2. The standard InChI is InChI=1S/C20H26O6/c1-9(2)17(23)6-10-7-18(10)19(24)4-3-11-12(8-25-15(11)21)13(19)5-14-20(18,26-14)16(17)22/h9-10,13-14,16,22-24H,3-8H2,1-2H3. The quantitative estimate of drug-likeness (QED) is 0.469. The minimum Gasteiger partial charge on any atom is -0.458 e. The van der Waals surface area contributed by atoms with Crippen molar-refractivity contribution < 1.29 is 29.6 Å². The van der Waals surface area contributed by atoms with Crippen molar-refractivity contribution in [2.45, 2.75) is 75.0 Å². The topological polar surface area (TPSA) is 99.5 Å². The molecule has 3 saturated carbocycles. The van der Waals surface area contributed by atoms with Crippen molar-refractivity contribution in [1.29, 1.82) is 0 Å². The van der Waals surface area contributed by atoms with E-state index in [0.717, 1.165) is 17.6 Å². The van der Waals surface area contributed by atoms with E-state index in [-0.39, 0.29) is 36.4 Å². The molecular formula is C20H26O6. The second kappa shape index (κ2) is 4.22. The van der Waals surface area contributed by atoms with Crippen LogP contribution in [0.3, 0.4) is 0 Å². The van der Waals surface area contributed by atoms with Crippen molar-refractivity contribution in [2.75, 3.05) is 6.61 Å². The molecule has 0 bridgehead atoms. The third-order valence-electron chi connectivity index (χ3n) is 8.98. The van der Waals surface area contributed by atoms with Crippen molar-refractivity contribution in [3.63, 3.8) is 0 Å². The lowest BCUT2D eigenvalue weighted by Gasteiger charge is -2.57. The zero-order valence-corrected chi connectivity index (χ0v) is 15.2. The molecule has 2 aliphatic heterocycles. The van der Waals surface area contributed by atoms with Crippen molar-refractivity contribution in [3.8, 4) is 0 Å². The van der Waals surface area contributed by atoms with Gasteiger partial charge in [-0.15, -0.1) is 0 Å². The smallest absolute Gasteiger partial charge is 0.334 e. The van der Waals surface area contributed by atoms with Crippen molar-refractivity contribution in [2.24, 2.45) is 23.2 Å². The molecule has 6 aliphatic rings. The van der Waals surface area contributed by atoms with Gasteiger partial charge in [-0.3, -0.25) is 0 Å². The molecule has 2 spiro atoms. The molecular weight excluding hydrogens is 336 g/mol. The van der Waals surface area contributed by atoms with Crippen LogP contribution in [0, 0.1) is 23.2 Å². The first-order valence-corrected chi connectivity index (χ1v) is 9.92. The van der Waals surface area contributed by atoms with Gasteiger partial charge in [-0.1, -0.05) is 13.8 Å². The van der Waals surface area contributed by atoms with Gasteiger partial charge in [-0.25, -0.2) is 4.79 Å². The number of esters is 1. The number of hydrogen-bond acceptors (Lipinski definition) is 6. The van der Waals surface area contributed by atoms with Gasteiger partial charge >= 0.3 is 5.97 Å². The van der Waals surface area contributed by atoms with E-state index in [9.17, 15) is 20.1 Å². The average molecular weight is 362 g/mol. The molecule has 0 aromatic heterocycles. The molecule has 6 nitrogen and oxygen atoms in total. The Morgan fingerprint density at radius 1 is 1.23 bits per heavy atom. The summed E-state index contributed by atoms with van der Waals surface area (Å²) in [5, 5.41) is 34.4. The molecule has 6 heteroatoms. The highest BCUT2D eigenvalue weighted by molar-refractivity contribution is 5.92. The Kier molecular flexibility index (Phi) is 2.60. The predicted molar refractivity (Wildman–Crippen MR) is 88.8 cm³/mol. The Morgan fingerprint density at radius 2 is 2.00 bits per heavy atom. The normalized spacial score (nSPS) is 59.1. The van der Waals surface area contributed by atoms with Gasteiger partial charge in [0.05, 0.1) is 17.3 Å². The third kappa shape index (κ3) is 1.35. The average Bonchev–Trinajstić information content (AvgIpc) is 3.46. The SMILES string of the molecule is CC(C)C1(O)CC2CC23C2(O)CCC4=C(COC4=O)C2CC2OC23C1O. The van der Waals surface area contributed by atoms with Gasteiger partial charge < -0.3 is 24.8 Å². The van der Waals surface area contributed by atoms with Gasteiger partial charge in [-0.05, 0) is 49.5 Å². The predicted octanol–water partition coefficient (Wildman–Crippen LogP) is 0.680. The number of rotatable bonds is 1. The lowest BCUT2D eigenvalue weighted by Crippen LogP contribution is -2.70. The van der Waals surface area contributed by atoms with Crippen molar-refractivity contribution >= 4 is 5.97 Å². The fourth-order valence-corrected chi connectivity index (χ4v) is 7.54. The Hall–Kier alpha value is -0.950. The number of carbonyl (C=O) groups excluding carboxylic acids is 1. The fraction of sp³-hybridized carbons (Fsp3) is 0.850. The van der Waals surface area contributed by atoms with E-state index < -0.39 is 28.3 Å². The number of carbonyl (C=O) groups is 1. The Labute approximate surface area is 152 Å². The number of aliphatic hydroxyl groups excluding tert-OH is 1. The molecule has 1 saturated heterocycles. The van der Waals surface area contributed by atoms with Crippen LogP contribution in [-0.4, -0.2) is 56.9 Å². The molecule has 0 radical (unpaired) electrons. The van der Waals surface area contributed by atoms with Gasteiger partial charge in [0.25, 0.3) is 0 Å². The highest BCUT2D eigenvalue weighted by atomic mass is 16.6. The number of hydrogen-bond donors (Lipinski definition) is 3. The largest absolute Gasteiger partial charge is 0.458 e. The first-order valence-electron chi connectivity index (χ1n) is 9.92. The number of aliphatic hydroxyl groups is 3. The second-order valence-corrected chi connectivity index (χ2v) is 9.82. The molecule has 8 unspecified atom stereocenters. The summed E-state index contributed by atoms with van der Waals surface area (Å²) >= 11 is 0. The van der Waals surface area contributed by atoms with Gasteiger partial charge in [0, 0.05) is 16.9 Å². The number of fused-ring (bicyclic) bond motifs is 2. The van der Waals surface area contributed by atoms with Crippen LogP contribution >= 0.6 is 0 Å². The maximum absolute atomic E-state index is 12.0. The molecule has 3 N–H and O–H groups in total. The third-order valence-corrected chi connectivity index (χ3v) is 8.98. The van der Waals surface area contributed by atoms with E-state index in [4.69, 9.17) is 9.47 Å². The minimum absolute atomic E-state index is 0.0794. The van der Waals surface area contributed by atoms with Crippen LogP contribution in [0.5, 0.6) is 0 Å². The summed E-state index contributed by atoms with van der Waals surface area (Å²) in [4.78, 5) is 12.0. The Morgan fingerprint density at radius 3 is 2.73 bits per heavy atom. The zero-order valence-electron chi connectivity index (χ0n) is 15.2. The fourth-order valence-electron chi connectivity index (χ4n) is 7.54. The molecule has 142 valence electrons. The first kappa shape index (κ1) is 16.0. The van der Waals surface area contributed by atoms with Crippen LogP contribution in [0.15, 0.2) is 11.1 Å². The molecule has 0 aromatic rings. The lowest BCUT2D eigenvalue weighted by atomic mass is 9.49. The van der Waals surface area contributed by atoms with Gasteiger partial charge in [0.15, 0.2) is 0 Å². The molecule has 2 heterocycles. The van der Waals surface area contributed by atoms with Crippen LogP contribution in [0.2, 0.25) is 0 Å². The number of cyclic esters (lactones) is 1. The van der Waals surface area contributed by atoms with Crippen LogP contribution in [0.1, 0.15) is 46.0 Å². The van der Waals surface area contributed by atoms with Crippen molar-refractivity contribution in [3.05, 3.63) is 11.1 Å². The molecule has 26 heavy (non-hydrogen) atoms. The lowest BCUT2D eigenvalue weighted by molar-refractivity contribution is -0.222. The highest BCUT2D eigenvalue weighted by Gasteiger charge is 2.93. The van der Waals surface area contributed by atoms with E-state index >= 15 is 0 Å². The molecule has 0 aromatic carbocycles. The summed E-state index contributed by atoms with van der Waals surface area (Å²) in [5.41, 5.74) is -1.80. The second-order valence-electron chi connectivity index (χ2n) is 9.82. The first-order chi connectivity index (χ1) is 12.2. The van der Waals surface area contributed by atoms with E-state index in [1.165, 1.54) is 0 Å². The van der Waals surface area contributed by atoms with E-state index in [1.807, 2.05) is 13.8 Å². The molecule has 8 atom stereocenters. The molecule has 4 aliphatic carbocycles. The Balaban J connectivity index is 1.48.